The van der Waals surface area contributed by atoms with Crippen LogP contribution in [0.15, 0.2) is 53.5 Å². The van der Waals surface area contributed by atoms with Crippen LogP contribution in [0, 0.1) is 0 Å². The van der Waals surface area contributed by atoms with Gasteiger partial charge in [0.15, 0.2) is 5.96 Å². The Morgan fingerprint density at radius 2 is 2.03 bits per heavy atom. The Kier molecular flexibility index (Phi) is 11.1. The number of guanidine groups is 1. The van der Waals surface area contributed by atoms with Gasteiger partial charge in [0.25, 0.3) is 0 Å². The summed E-state index contributed by atoms with van der Waals surface area (Å²) in [5, 5.41) is 9.60. The van der Waals surface area contributed by atoms with Crippen molar-refractivity contribution in [2.75, 3.05) is 50.1 Å². The predicted octanol–water partition coefficient (Wildman–Crippen LogP) is 3.48. The number of carbonyl (C=O) groups excluding carboxylic acids is 1. The lowest BCUT2D eigenvalue weighted by Crippen LogP contribution is -2.44. The highest BCUT2D eigenvalue weighted by molar-refractivity contribution is 14.0. The van der Waals surface area contributed by atoms with Gasteiger partial charge in [0, 0.05) is 44.4 Å². The molecule has 0 aliphatic carbocycles. The van der Waals surface area contributed by atoms with E-state index in [1.807, 2.05) is 36.4 Å². The van der Waals surface area contributed by atoms with Gasteiger partial charge in [-0.2, -0.15) is 0 Å². The highest BCUT2D eigenvalue weighted by Crippen LogP contribution is 2.30. The van der Waals surface area contributed by atoms with Gasteiger partial charge in [-0.25, -0.2) is 4.99 Å². The number of methoxy groups -OCH3 is 1. The van der Waals surface area contributed by atoms with E-state index < -0.39 is 0 Å². The van der Waals surface area contributed by atoms with E-state index >= 15 is 0 Å². The second-order valence-electron chi connectivity index (χ2n) is 7.57. The Morgan fingerprint density at radius 3 is 2.79 bits per heavy atom. The van der Waals surface area contributed by atoms with Crippen LogP contribution in [0.2, 0.25) is 0 Å². The summed E-state index contributed by atoms with van der Waals surface area (Å²) in [6.07, 6.45) is 1.02. The fourth-order valence-corrected chi connectivity index (χ4v) is 3.69. The molecule has 0 radical (unpaired) electrons. The van der Waals surface area contributed by atoms with Crippen LogP contribution in [0.4, 0.5) is 11.4 Å². The molecule has 180 valence electrons. The maximum absolute atomic E-state index is 11.2. The second-order valence-corrected chi connectivity index (χ2v) is 7.57. The van der Waals surface area contributed by atoms with Gasteiger partial charge in [-0.05, 0) is 37.6 Å². The Labute approximate surface area is 213 Å². The number of hydrogen-bond acceptors (Lipinski definition) is 5. The molecule has 2 aromatic rings. The van der Waals surface area contributed by atoms with Crippen molar-refractivity contribution in [3.63, 3.8) is 0 Å². The lowest BCUT2D eigenvalue weighted by atomic mass is 10.2. The van der Waals surface area contributed by atoms with Crippen molar-refractivity contribution in [1.29, 1.82) is 0 Å². The van der Waals surface area contributed by atoms with Crippen molar-refractivity contribution in [2.24, 2.45) is 4.99 Å². The normalized spacial score (nSPS) is 15.4. The van der Waals surface area contributed by atoms with Crippen LogP contribution in [0.5, 0.6) is 11.5 Å². The van der Waals surface area contributed by atoms with Gasteiger partial charge in [0.1, 0.15) is 18.1 Å². The number of aliphatic imine (C=N–C) groups is 1. The average Bonchev–Trinajstić information content (AvgIpc) is 3.25. The molecule has 1 unspecified atom stereocenters. The molecule has 33 heavy (non-hydrogen) atoms. The minimum atomic E-state index is -0.107. The number of hydrogen-bond donors (Lipinski definition) is 3. The van der Waals surface area contributed by atoms with Crippen molar-refractivity contribution in [3.05, 3.63) is 48.5 Å². The van der Waals surface area contributed by atoms with Crippen LogP contribution in [-0.4, -0.2) is 57.8 Å². The first kappa shape index (κ1) is 26.6. The van der Waals surface area contributed by atoms with E-state index in [2.05, 4.69) is 38.8 Å². The molecule has 1 aliphatic heterocycles. The fourth-order valence-electron chi connectivity index (χ4n) is 3.69. The van der Waals surface area contributed by atoms with Gasteiger partial charge in [-0.3, -0.25) is 4.79 Å². The quantitative estimate of drug-likeness (QED) is 0.186. The van der Waals surface area contributed by atoms with Crippen molar-refractivity contribution in [3.8, 4) is 11.5 Å². The molecule has 1 saturated heterocycles. The first-order chi connectivity index (χ1) is 15.6. The lowest BCUT2D eigenvalue weighted by Gasteiger charge is -2.22. The number of rotatable bonds is 9. The molecular weight excluding hydrogens is 533 g/mol. The number of para-hydroxylation sites is 2. The predicted molar refractivity (Wildman–Crippen MR) is 144 cm³/mol. The monoisotopic (exact) mass is 567 g/mol. The van der Waals surface area contributed by atoms with E-state index in [1.54, 1.807) is 13.2 Å². The highest BCUT2D eigenvalue weighted by Gasteiger charge is 2.25. The molecule has 1 aliphatic rings. The SMILES string of the molecule is CCNC(=NCCOc1cccc(NC(C)=O)c1)NC1CCN(c2ccccc2OC)C1.I. The molecule has 1 amide bonds. The van der Waals surface area contributed by atoms with Gasteiger partial charge < -0.3 is 30.3 Å². The summed E-state index contributed by atoms with van der Waals surface area (Å²) in [5.74, 6) is 2.28. The van der Waals surface area contributed by atoms with Crippen molar-refractivity contribution in [1.82, 2.24) is 10.6 Å². The molecule has 0 saturated carbocycles. The molecule has 9 heteroatoms. The third-order valence-corrected chi connectivity index (χ3v) is 5.08. The molecule has 2 aromatic carbocycles. The number of amides is 1. The molecule has 1 heterocycles. The molecular formula is C24H34IN5O3. The zero-order chi connectivity index (χ0) is 22.8. The van der Waals surface area contributed by atoms with Crippen molar-refractivity contribution >= 4 is 47.2 Å². The van der Waals surface area contributed by atoms with Crippen LogP contribution < -0.4 is 30.3 Å². The Hall–Kier alpha value is -2.69. The second kappa shape index (κ2) is 13.8. The Morgan fingerprint density at radius 1 is 1.21 bits per heavy atom. The summed E-state index contributed by atoms with van der Waals surface area (Å²) in [6.45, 7) is 7.13. The largest absolute Gasteiger partial charge is 0.495 e. The number of nitrogens with zero attached hydrogens (tertiary/aromatic N) is 2. The summed E-state index contributed by atoms with van der Waals surface area (Å²) in [6, 6.07) is 15.8. The average molecular weight is 567 g/mol. The highest BCUT2D eigenvalue weighted by atomic mass is 127. The first-order valence-corrected chi connectivity index (χ1v) is 11.0. The minimum Gasteiger partial charge on any atom is -0.495 e. The number of halogens is 1. The molecule has 0 bridgehead atoms. The van der Waals surface area contributed by atoms with E-state index in [-0.39, 0.29) is 29.9 Å². The van der Waals surface area contributed by atoms with Crippen molar-refractivity contribution < 1.29 is 14.3 Å². The fraction of sp³-hybridized carbons (Fsp3) is 0.417. The Balaban J connectivity index is 0.00000385. The molecule has 0 aromatic heterocycles. The lowest BCUT2D eigenvalue weighted by molar-refractivity contribution is -0.114. The number of anilines is 2. The molecule has 1 fully saturated rings. The summed E-state index contributed by atoms with van der Waals surface area (Å²) in [7, 11) is 1.71. The van der Waals surface area contributed by atoms with Crippen LogP contribution in [0.1, 0.15) is 20.3 Å². The standard InChI is InChI=1S/C24H33N5O3.HI/c1-4-25-24(26-13-15-32-21-9-7-8-19(16-21)27-18(2)30)28-20-12-14-29(17-20)22-10-5-6-11-23(22)31-3;/h5-11,16,20H,4,12-15,17H2,1-3H3,(H,27,30)(H2,25,26,28);1H. The third kappa shape index (κ3) is 8.30. The molecule has 1 atom stereocenters. The number of nitrogens with one attached hydrogen (secondary N) is 3. The molecule has 8 nitrogen and oxygen atoms in total. The van der Waals surface area contributed by atoms with Crippen LogP contribution in [-0.2, 0) is 4.79 Å². The maximum Gasteiger partial charge on any atom is 0.221 e. The van der Waals surface area contributed by atoms with E-state index in [0.717, 1.165) is 43.5 Å². The van der Waals surface area contributed by atoms with Gasteiger partial charge in [0.05, 0.1) is 19.3 Å². The molecule has 0 spiro atoms. The Bertz CT molecular complexity index is 924. The summed E-state index contributed by atoms with van der Waals surface area (Å²) in [4.78, 5) is 18.2. The number of ether oxygens (including phenoxy) is 2. The van der Waals surface area contributed by atoms with Crippen molar-refractivity contribution in [2.45, 2.75) is 26.3 Å². The van der Waals surface area contributed by atoms with E-state index in [4.69, 9.17) is 9.47 Å². The third-order valence-electron chi connectivity index (χ3n) is 5.08. The zero-order valence-corrected chi connectivity index (χ0v) is 21.8. The summed E-state index contributed by atoms with van der Waals surface area (Å²) in [5.41, 5.74) is 1.84. The van der Waals surface area contributed by atoms with E-state index in [9.17, 15) is 4.79 Å². The topological polar surface area (TPSA) is 87.2 Å². The smallest absolute Gasteiger partial charge is 0.221 e. The van der Waals surface area contributed by atoms with Gasteiger partial charge in [0.2, 0.25) is 5.91 Å². The zero-order valence-electron chi connectivity index (χ0n) is 19.5. The van der Waals surface area contributed by atoms with Gasteiger partial charge >= 0.3 is 0 Å². The van der Waals surface area contributed by atoms with Gasteiger partial charge in [-0.1, -0.05) is 18.2 Å². The van der Waals surface area contributed by atoms with Crippen LogP contribution in [0.3, 0.4) is 0 Å². The maximum atomic E-state index is 11.2. The van der Waals surface area contributed by atoms with E-state index in [0.29, 0.717) is 30.6 Å². The minimum absolute atomic E-state index is 0. The van der Waals surface area contributed by atoms with E-state index in [1.165, 1.54) is 6.92 Å². The summed E-state index contributed by atoms with van der Waals surface area (Å²) >= 11 is 0. The van der Waals surface area contributed by atoms with Crippen LogP contribution >= 0.6 is 24.0 Å². The van der Waals surface area contributed by atoms with Gasteiger partial charge in [-0.15, -0.1) is 24.0 Å². The first-order valence-electron chi connectivity index (χ1n) is 11.0. The molecule has 3 N–H and O–H groups in total. The van der Waals surface area contributed by atoms with Crippen LogP contribution in [0.25, 0.3) is 0 Å². The molecule has 3 rings (SSSR count). The number of benzene rings is 2. The summed E-state index contributed by atoms with van der Waals surface area (Å²) < 4.78 is 11.3. The number of carbonyl (C=O) groups is 1.